The predicted molar refractivity (Wildman–Crippen MR) is 146 cm³/mol. The molecule has 0 saturated heterocycles. The molecule has 0 heterocycles. The van der Waals surface area contributed by atoms with Gasteiger partial charge in [-0.2, -0.15) is 0 Å². The van der Waals surface area contributed by atoms with Gasteiger partial charge in [-0.25, -0.2) is 8.42 Å². The summed E-state index contributed by atoms with van der Waals surface area (Å²) >= 11 is 6.14. The van der Waals surface area contributed by atoms with E-state index in [2.05, 4.69) is 5.32 Å². The molecule has 2 aromatic carbocycles. The lowest BCUT2D eigenvalue weighted by molar-refractivity contribution is -0.141. The van der Waals surface area contributed by atoms with Crippen LogP contribution in [0.25, 0.3) is 0 Å². The Morgan fingerprint density at radius 1 is 1.05 bits per heavy atom. The zero-order chi connectivity index (χ0) is 28.0. The van der Waals surface area contributed by atoms with Gasteiger partial charge in [-0.3, -0.25) is 13.9 Å². The first-order valence-corrected chi connectivity index (χ1v) is 14.0. The normalized spacial score (nSPS) is 12.4. The molecular formula is C26H36ClN3O6S. The monoisotopic (exact) mass is 553 g/mol. The largest absolute Gasteiger partial charge is 0.497 e. The molecule has 9 nitrogen and oxygen atoms in total. The highest BCUT2D eigenvalue weighted by Gasteiger charge is 2.33. The van der Waals surface area contributed by atoms with Crippen molar-refractivity contribution in [3.05, 3.63) is 53.1 Å². The number of rotatable bonds is 11. The van der Waals surface area contributed by atoms with Crippen LogP contribution < -0.4 is 19.1 Å². The molecule has 2 aromatic rings. The number of methoxy groups -OCH3 is 2. The summed E-state index contributed by atoms with van der Waals surface area (Å²) in [7, 11) is -0.977. The van der Waals surface area contributed by atoms with Crippen LogP contribution in [0.5, 0.6) is 11.5 Å². The van der Waals surface area contributed by atoms with Gasteiger partial charge in [-0.1, -0.05) is 30.7 Å². The van der Waals surface area contributed by atoms with Crippen molar-refractivity contribution in [1.29, 1.82) is 0 Å². The Morgan fingerprint density at radius 2 is 1.68 bits per heavy atom. The Kier molecular flexibility index (Phi) is 10.2. The topological polar surface area (TPSA) is 105 Å². The highest BCUT2D eigenvalue weighted by molar-refractivity contribution is 7.92. The van der Waals surface area contributed by atoms with Gasteiger partial charge in [0.2, 0.25) is 21.8 Å². The molecule has 0 radical (unpaired) electrons. The van der Waals surface area contributed by atoms with Crippen molar-refractivity contribution in [1.82, 2.24) is 10.2 Å². The number of hydrogen-bond donors (Lipinski definition) is 1. The Labute approximate surface area is 224 Å². The Hall–Kier alpha value is -2.98. The summed E-state index contributed by atoms with van der Waals surface area (Å²) in [5.41, 5.74) is 0.358. The van der Waals surface area contributed by atoms with E-state index in [0.717, 1.165) is 16.1 Å². The lowest BCUT2D eigenvalue weighted by atomic mass is 10.1. The Bertz CT molecular complexity index is 1200. The molecule has 37 heavy (non-hydrogen) atoms. The molecule has 2 amide bonds. The number of amides is 2. The van der Waals surface area contributed by atoms with Crippen LogP contribution in [-0.4, -0.2) is 63.7 Å². The highest BCUT2D eigenvalue weighted by Crippen LogP contribution is 2.33. The van der Waals surface area contributed by atoms with Crippen LogP contribution in [0, 0.1) is 0 Å². The van der Waals surface area contributed by atoms with Crippen LogP contribution in [0.2, 0.25) is 5.02 Å². The zero-order valence-corrected chi connectivity index (χ0v) is 23.9. The highest BCUT2D eigenvalue weighted by atomic mass is 35.5. The van der Waals surface area contributed by atoms with Crippen molar-refractivity contribution >= 4 is 39.1 Å². The summed E-state index contributed by atoms with van der Waals surface area (Å²) in [5.74, 6) is -0.000391. The van der Waals surface area contributed by atoms with E-state index in [9.17, 15) is 18.0 Å². The molecule has 0 aromatic heterocycles. The minimum Gasteiger partial charge on any atom is -0.497 e. The van der Waals surface area contributed by atoms with E-state index in [1.165, 1.54) is 24.1 Å². The van der Waals surface area contributed by atoms with Crippen molar-refractivity contribution in [2.24, 2.45) is 0 Å². The molecule has 0 fully saturated rings. The number of hydrogen-bond acceptors (Lipinski definition) is 6. The fourth-order valence-corrected chi connectivity index (χ4v) is 4.76. The standard InChI is InChI=1S/C26H36ClN3O6S/c1-8-21(25(32)28-26(2,3)4)29(16-18-9-12-20(35-5)13-10-18)24(31)17-30(37(7,33)34)22-15-19(27)11-14-23(22)36-6/h9-15,21H,8,16-17H2,1-7H3,(H,28,32)/t21-/m1/s1. The Morgan fingerprint density at radius 3 is 2.16 bits per heavy atom. The van der Waals surface area contributed by atoms with Gasteiger partial charge in [0.05, 0.1) is 26.2 Å². The second kappa shape index (κ2) is 12.5. The second-order valence-corrected chi connectivity index (χ2v) is 12.0. The molecule has 2 rings (SSSR count). The van der Waals surface area contributed by atoms with Crippen molar-refractivity contribution in [2.45, 2.75) is 52.2 Å². The fourth-order valence-electron chi connectivity index (χ4n) is 3.75. The van der Waals surface area contributed by atoms with Gasteiger partial charge < -0.3 is 19.7 Å². The number of halogens is 1. The first kappa shape index (κ1) is 30.2. The van der Waals surface area contributed by atoms with Gasteiger partial charge in [-0.05, 0) is 63.1 Å². The maximum atomic E-state index is 13.8. The van der Waals surface area contributed by atoms with Crippen LogP contribution in [0.4, 0.5) is 5.69 Å². The molecular weight excluding hydrogens is 518 g/mol. The average Bonchev–Trinajstić information content (AvgIpc) is 2.80. The van der Waals surface area contributed by atoms with E-state index < -0.39 is 34.1 Å². The number of anilines is 1. The molecule has 1 N–H and O–H groups in total. The van der Waals surface area contributed by atoms with Gasteiger partial charge in [0.15, 0.2) is 0 Å². The first-order chi connectivity index (χ1) is 17.2. The van der Waals surface area contributed by atoms with Crippen molar-refractivity contribution < 1.29 is 27.5 Å². The number of carbonyl (C=O) groups excluding carboxylic acids is 2. The molecule has 0 aliphatic carbocycles. The van der Waals surface area contributed by atoms with Crippen LogP contribution in [0.1, 0.15) is 39.7 Å². The quantitative estimate of drug-likeness (QED) is 0.453. The van der Waals surface area contributed by atoms with Gasteiger partial charge >= 0.3 is 0 Å². The fraction of sp³-hybridized carbons (Fsp3) is 0.462. The third-order valence-corrected chi connectivity index (χ3v) is 6.85. The van der Waals surface area contributed by atoms with Gasteiger partial charge in [-0.15, -0.1) is 0 Å². The van der Waals surface area contributed by atoms with E-state index in [1.807, 2.05) is 20.8 Å². The third kappa shape index (κ3) is 8.53. The molecule has 0 unspecified atom stereocenters. The van der Waals surface area contributed by atoms with E-state index in [-0.39, 0.29) is 28.9 Å². The molecule has 0 bridgehead atoms. The first-order valence-electron chi connectivity index (χ1n) is 11.8. The lowest BCUT2D eigenvalue weighted by Gasteiger charge is -2.34. The minimum atomic E-state index is -3.93. The summed E-state index contributed by atoms with van der Waals surface area (Å²) in [6, 6.07) is 10.8. The number of nitrogens with one attached hydrogen (secondary N) is 1. The summed E-state index contributed by atoms with van der Waals surface area (Å²) < 4.78 is 37.1. The molecule has 1 atom stereocenters. The number of benzene rings is 2. The summed E-state index contributed by atoms with van der Waals surface area (Å²) in [5, 5.41) is 3.21. The van der Waals surface area contributed by atoms with E-state index in [1.54, 1.807) is 44.4 Å². The summed E-state index contributed by atoms with van der Waals surface area (Å²) in [6.07, 6.45) is 1.32. The summed E-state index contributed by atoms with van der Waals surface area (Å²) in [6.45, 7) is 6.89. The van der Waals surface area contributed by atoms with Crippen LogP contribution >= 0.6 is 11.6 Å². The minimum absolute atomic E-state index is 0.0865. The SMILES string of the molecule is CC[C@H](C(=O)NC(C)(C)C)N(Cc1ccc(OC)cc1)C(=O)CN(c1cc(Cl)ccc1OC)S(C)(=O)=O. The molecule has 0 spiro atoms. The van der Waals surface area contributed by atoms with Crippen molar-refractivity contribution in [2.75, 3.05) is 31.3 Å². The van der Waals surface area contributed by atoms with Crippen LogP contribution in [-0.2, 0) is 26.2 Å². The van der Waals surface area contributed by atoms with Gasteiger partial charge in [0.1, 0.15) is 24.1 Å². The van der Waals surface area contributed by atoms with Gasteiger partial charge in [0.25, 0.3) is 0 Å². The smallest absolute Gasteiger partial charge is 0.244 e. The van der Waals surface area contributed by atoms with E-state index in [0.29, 0.717) is 12.2 Å². The van der Waals surface area contributed by atoms with Crippen LogP contribution in [0.15, 0.2) is 42.5 Å². The maximum Gasteiger partial charge on any atom is 0.244 e. The average molecular weight is 554 g/mol. The maximum absolute atomic E-state index is 13.8. The van der Waals surface area contributed by atoms with E-state index in [4.69, 9.17) is 21.1 Å². The third-order valence-electron chi connectivity index (χ3n) is 5.48. The molecule has 0 saturated carbocycles. The van der Waals surface area contributed by atoms with Crippen LogP contribution in [0.3, 0.4) is 0 Å². The van der Waals surface area contributed by atoms with Crippen molar-refractivity contribution in [3.63, 3.8) is 0 Å². The number of sulfonamides is 1. The predicted octanol–water partition coefficient (Wildman–Crippen LogP) is 3.85. The van der Waals surface area contributed by atoms with E-state index >= 15 is 0 Å². The molecule has 0 aliphatic heterocycles. The number of carbonyl (C=O) groups is 2. The summed E-state index contributed by atoms with van der Waals surface area (Å²) in [4.78, 5) is 28.4. The number of nitrogens with zero attached hydrogens (tertiary/aromatic N) is 2. The second-order valence-electron chi connectivity index (χ2n) is 9.62. The van der Waals surface area contributed by atoms with Crippen molar-refractivity contribution in [3.8, 4) is 11.5 Å². The lowest BCUT2D eigenvalue weighted by Crippen LogP contribution is -2.55. The zero-order valence-electron chi connectivity index (χ0n) is 22.4. The molecule has 0 aliphatic rings. The molecule has 204 valence electrons. The number of ether oxygens (including phenoxy) is 2. The van der Waals surface area contributed by atoms with Gasteiger partial charge in [0, 0.05) is 17.1 Å². The molecule has 11 heteroatoms. The Balaban J connectivity index is 2.52.